The van der Waals surface area contributed by atoms with E-state index in [1.165, 1.54) is 0 Å². The van der Waals surface area contributed by atoms with Crippen LogP contribution in [0.3, 0.4) is 0 Å². The summed E-state index contributed by atoms with van der Waals surface area (Å²) in [4.78, 5) is 8.92. The van der Waals surface area contributed by atoms with Crippen molar-refractivity contribution in [2.45, 2.75) is 46.3 Å². The standard InChI is InChI=1S/C20H34N4O3.HI/c1-4-21-20(22-9-5-10-25-14-18-8-11-26-15-18)24-13-17-6-7-19(23-12-17)27-16(2)3;/h6-7,12,16,18H,4-5,8-11,13-15H2,1-3H3,(H2,21,22,24);1H. The van der Waals surface area contributed by atoms with Crippen LogP contribution in [0.2, 0.25) is 0 Å². The predicted molar refractivity (Wildman–Crippen MR) is 123 cm³/mol. The zero-order valence-corrected chi connectivity index (χ0v) is 19.6. The summed E-state index contributed by atoms with van der Waals surface area (Å²) in [6, 6.07) is 3.89. The van der Waals surface area contributed by atoms with Crippen molar-refractivity contribution in [3.05, 3.63) is 23.9 Å². The smallest absolute Gasteiger partial charge is 0.213 e. The van der Waals surface area contributed by atoms with Gasteiger partial charge in [-0.25, -0.2) is 9.98 Å². The molecule has 1 aliphatic heterocycles. The van der Waals surface area contributed by atoms with Gasteiger partial charge >= 0.3 is 0 Å². The minimum atomic E-state index is 0. The second-order valence-electron chi connectivity index (χ2n) is 6.95. The van der Waals surface area contributed by atoms with Gasteiger partial charge in [-0.1, -0.05) is 6.07 Å². The van der Waals surface area contributed by atoms with Crippen LogP contribution in [-0.2, 0) is 16.0 Å². The van der Waals surface area contributed by atoms with Gasteiger partial charge in [-0.2, -0.15) is 0 Å². The van der Waals surface area contributed by atoms with Crippen LogP contribution in [0.4, 0.5) is 0 Å². The zero-order chi connectivity index (χ0) is 19.3. The van der Waals surface area contributed by atoms with E-state index >= 15 is 0 Å². The van der Waals surface area contributed by atoms with Gasteiger partial charge in [0.15, 0.2) is 5.96 Å². The summed E-state index contributed by atoms with van der Waals surface area (Å²) in [5.41, 5.74) is 1.05. The van der Waals surface area contributed by atoms with E-state index in [1.807, 2.05) is 32.2 Å². The number of ether oxygens (including phenoxy) is 3. The maximum absolute atomic E-state index is 5.73. The fraction of sp³-hybridized carbons (Fsp3) is 0.700. The first-order chi connectivity index (χ1) is 13.2. The minimum Gasteiger partial charge on any atom is -0.475 e. The molecule has 1 atom stereocenters. The van der Waals surface area contributed by atoms with Crippen LogP contribution in [0, 0.1) is 5.92 Å². The van der Waals surface area contributed by atoms with E-state index in [2.05, 4.69) is 27.5 Å². The predicted octanol–water partition coefficient (Wildman–Crippen LogP) is 2.99. The summed E-state index contributed by atoms with van der Waals surface area (Å²) < 4.78 is 16.6. The van der Waals surface area contributed by atoms with Crippen molar-refractivity contribution in [3.8, 4) is 5.88 Å². The molecule has 28 heavy (non-hydrogen) atoms. The molecule has 1 aromatic heterocycles. The molecular formula is C20H35IN4O3. The Labute approximate surface area is 186 Å². The third-order valence-corrected chi connectivity index (χ3v) is 4.05. The average Bonchev–Trinajstić information content (AvgIpc) is 3.16. The first-order valence-electron chi connectivity index (χ1n) is 9.96. The molecule has 0 saturated carbocycles. The van der Waals surface area contributed by atoms with Gasteiger partial charge in [0, 0.05) is 44.5 Å². The Balaban J connectivity index is 0.00000392. The molecule has 8 heteroatoms. The van der Waals surface area contributed by atoms with E-state index in [1.54, 1.807) is 0 Å². The fourth-order valence-electron chi connectivity index (χ4n) is 2.67. The van der Waals surface area contributed by atoms with Gasteiger partial charge in [-0.15, -0.1) is 24.0 Å². The number of nitrogens with zero attached hydrogens (tertiary/aromatic N) is 2. The Hall–Kier alpha value is -1.13. The number of nitrogens with one attached hydrogen (secondary N) is 2. The molecule has 1 aromatic rings. The van der Waals surface area contributed by atoms with Crippen molar-refractivity contribution in [2.75, 3.05) is 39.5 Å². The van der Waals surface area contributed by atoms with Gasteiger partial charge in [0.2, 0.25) is 5.88 Å². The van der Waals surface area contributed by atoms with E-state index in [-0.39, 0.29) is 30.1 Å². The molecule has 0 aliphatic carbocycles. The third-order valence-electron chi connectivity index (χ3n) is 4.05. The third kappa shape index (κ3) is 10.4. The lowest BCUT2D eigenvalue weighted by Gasteiger charge is -2.12. The summed E-state index contributed by atoms with van der Waals surface area (Å²) >= 11 is 0. The highest BCUT2D eigenvalue weighted by molar-refractivity contribution is 14.0. The van der Waals surface area contributed by atoms with Crippen LogP contribution >= 0.6 is 24.0 Å². The van der Waals surface area contributed by atoms with Crippen LogP contribution in [0.25, 0.3) is 0 Å². The van der Waals surface area contributed by atoms with Gasteiger partial charge in [0.25, 0.3) is 0 Å². The normalized spacial score (nSPS) is 16.7. The van der Waals surface area contributed by atoms with Gasteiger partial charge in [0.05, 0.1) is 25.9 Å². The molecule has 1 unspecified atom stereocenters. The second-order valence-corrected chi connectivity index (χ2v) is 6.95. The summed E-state index contributed by atoms with van der Waals surface area (Å²) in [7, 11) is 0. The van der Waals surface area contributed by atoms with Crippen LogP contribution in [0.5, 0.6) is 5.88 Å². The van der Waals surface area contributed by atoms with E-state index in [0.29, 0.717) is 18.3 Å². The van der Waals surface area contributed by atoms with E-state index in [4.69, 9.17) is 14.2 Å². The minimum absolute atomic E-state index is 0. The Kier molecular flexibility index (Phi) is 13.2. The number of aliphatic imine (C=N–C) groups is 1. The Morgan fingerprint density at radius 1 is 1.36 bits per heavy atom. The summed E-state index contributed by atoms with van der Waals surface area (Å²) in [5.74, 6) is 2.03. The van der Waals surface area contributed by atoms with Gasteiger partial charge in [-0.05, 0) is 39.2 Å². The second kappa shape index (κ2) is 14.8. The molecule has 2 heterocycles. The molecule has 160 valence electrons. The largest absolute Gasteiger partial charge is 0.475 e. The molecule has 1 saturated heterocycles. The van der Waals surface area contributed by atoms with E-state index < -0.39 is 0 Å². The van der Waals surface area contributed by atoms with Crippen LogP contribution in [0.15, 0.2) is 23.3 Å². The maximum atomic E-state index is 5.73. The monoisotopic (exact) mass is 506 g/mol. The Morgan fingerprint density at radius 3 is 2.86 bits per heavy atom. The van der Waals surface area contributed by atoms with Crippen molar-refractivity contribution >= 4 is 29.9 Å². The van der Waals surface area contributed by atoms with Gasteiger partial charge < -0.3 is 24.8 Å². The lowest BCUT2D eigenvalue weighted by Crippen LogP contribution is -2.38. The number of aromatic nitrogens is 1. The number of guanidine groups is 1. The number of halogens is 1. The Bertz CT molecular complexity index is 549. The molecule has 0 amide bonds. The van der Waals surface area contributed by atoms with Crippen molar-refractivity contribution in [2.24, 2.45) is 10.9 Å². The zero-order valence-electron chi connectivity index (χ0n) is 17.3. The Morgan fingerprint density at radius 2 is 2.21 bits per heavy atom. The van der Waals surface area contributed by atoms with Crippen LogP contribution in [-0.4, -0.2) is 56.6 Å². The highest BCUT2D eigenvalue weighted by Crippen LogP contribution is 2.12. The lowest BCUT2D eigenvalue weighted by molar-refractivity contribution is 0.0888. The van der Waals surface area contributed by atoms with Gasteiger partial charge in [-0.3, -0.25) is 0 Å². The summed E-state index contributed by atoms with van der Waals surface area (Å²) in [5, 5.41) is 6.61. The fourth-order valence-corrected chi connectivity index (χ4v) is 2.67. The summed E-state index contributed by atoms with van der Waals surface area (Å²) in [6.07, 6.45) is 4.00. The summed E-state index contributed by atoms with van der Waals surface area (Å²) in [6.45, 7) is 11.5. The highest BCUT2D eigenvalue weighted by Gasteiger charge is 2.15. The van der Waals surface area contributed by atoms with Crippen molar-refractivity contribution in [1.29, 1.82) is 0 Å². The van der Waals surface area contributed by atoms with Crippen molar-refractivity contribution < 1.29 is 14.2 Å². The van der Waals surface area contributed by atoms with E-state index in [9.17, 15) is 0 Å². The van der Waals surface area contributed by atoms with Crippen LogP contribution < -0.4 is 15.4 Å². The first-order valence-corrected chi connectivity index (χ1v) is 9.96. The molecule has 2 rings (SSSR count). The number of pyridine rings is 1. The maximum Gasteiger partial charge on any atom is 0.213 e. The lowest BCUT2D eigenvalue weighted by atomic mass is 10.1. The van der Waals surface area contributed by atoms with Gasteiger partial charge in [0.1, 0.15) is 0 Å². The highest BCUT2D eigenvalue weighted by atomic mass is 127. The molecule has 2 N–H and O–H groups in total. The first kappa shape index (κ1) is 24.9. The number of hydrogen-bond acceptors (Lipinski definition) is 5. The molecule has 1 fully saturated rings. The topological polar surface area (TPSA) is 77.0 Å². The van der Waals surface area contributed by atoms with Crippen LogP contribution in [0.1, 0.15) is 39.2 Å². The number of rotatable bonds is 11. The molecule has 0 spiro atoms. The number of hydrogen-bond donors (Lipinski definition) is 2. The van der Waals surface area contributed by atoms with Crippen molar-refractivity contribution in [1.82, 2.24) is 15.6 Å². The molecule has 1 aliphatic rings. The SMILES string of the molecule is CCNC(=NCc1ccc(OC(C)C)nc1)NCCCOCC1CCOC1.I. The molecule has 7 nitrogen and oxygen atoms in total. The van der Waals surface area contributed by atoms with Crippen molar-refractivity contribution in [3.63, 3.8) is 0 Å². The molecule has 0 bridgehead atoms. The quantitative estimate of drug-likeness (QED) is 0.208. The molecule has 0 radical (unpaired) electrons. The molecular weight excluding hydrogens is 471 g/mol. The van der Waals surface area contributed by atoms with E-state index in [0.717, 1.165) is 63.9 Å². The molecule has 0 aromatic carbocycles. The average molecular weight is 506 g/mol.